The van der Waals surface area contributed by atoms with E-state index in [1.165, 1.54) is 50.1 Å². The van der Waals surface area contributed by atoms with Crippen LogP contribution in [0.1, 0.15) is 102 Å². The van der Waals surface area contributed by atoms with Gasteiger partial charge in [-0.2, -0.15) is 0 Å². The van der Waals surface area contributed by atoms with Crippen LogP contribution in [0.4, 0.5) is 0 Å². The first-order valence-corrected chi connectivity index (χ1v) is 20.3. The Morgan fingerprint density at radius 3 is 1.93 bits per heavy atom. The molecule has 8 heteroatoms. The van der Waals surface area contributed by atoms with Gasteiger partial charge in [-0.15, -0.1) is 0 Å². The lowest BCUT2D eigenvalue weighted by Gasteiger charge is -2.33. The van der Waals surface area contributed by atoms with Gasteiger partial charge in [-0.25, -0.2) is 0 Å². The molecule has 2 aliphatic heterocycles. The normalized spacial score (nSPS) is 14.9. The molecule has 2 heterocycles. The summed E-state index contributed by atoms with van der Waals surface area (Å²) in [5.41, 5.74) is 18.5. The maximum absolute atomic E-state index is 13.7. The molecule has 0 aliphatic carbocycles. The number of fused-ring (bicyclic) bond motifs is 2. The topological polar surface area (TPSA) is 88.3 Å². The zero-order chi connectivity index (χ0) is 38.9. The van der Waals surface area contributed by atoms with E-state index in [0.29, 0.717) is 13.2 Å². The van der Waals surface area contributed by atoms with Gasteiger partial charge >= 0.3 is 0 Å². The third-order valence-electron chi connectivity index (χ3n) is 11.4. The molecule has 55 heavy (non-hydrogen) atoms. The smallest absolute Gasteiger partial charge is 0.223 e. The lowest BCUT2D eigenvalue weighted by atomic mass is 9.93. The van der Waals surface area contributed by atoms with Crippen LogP contribution >= 0.6 is 0 Å². The molecular formula is C47H60N4O4. The van der Waals surface area contributed by atoms with Gasteiger partial charge in [-0.05, 0) is 133 Å². The summed E-state index contributed by atoms with van der Waals surface area (Å²) in [5.74, 6) is 1.39. The van der Waals surface area contributed by atoms with Crippen LogP contribution in [0.25, 0.3) is 0 Å². The fourth-order valence-electron chi connectivity index (χ4n) is 8.06. The first kappa shape index (κ1) is 40.0. The van der Waals surface area contributed by atoms with Crippen molar-refractivity contribution >= 4 is 11.8 Å². The highest BCUT2D eigenvalue weighted by atomic mass is 16.5. The summed E-state index contributed by atoms with van der Waals surface area (Å²) >= 11 is 0. The van der Waals surface area contributed by atoms with Crippen LogP contribution in [0.3, 0.4) is 0 Å². The second kappa shape index (κ2) is 18.8. The lowest BCUT2D eigenvalue weighted by molar-refractivity contribution is -0.135. The third-order valence-corrected chi connectivity index (χ3v) is 11.4. The SMILES string of the molecule is CCCOc1ccc(CN2CCc3cc(C(C)N(CCc4ccc5c(c4)CCN(Cc4ccc(OCC)cc4C)C5)C(=O)CCC(N)=O)ccc3C2)c(C)c1. The summed E-state index contributed by atoms with van der Waals surface area (Å²) in [6, 6.07) is 26.3. The average molecular weight is 745 g/mol. The summed E-state index contributed by atoms with van der Waals surface area (Å²) in [5, 5.41) is 0. The van der Waals surface area contributed by atoms with Gasteiger partial charge in [0, 0.05) is 58.7 Å². The molecule has 0 aromatic heterocycles. The van der Waals surface area contributed by atoms with Crippen molar-refractivity contribution in [1.29, 1.82) is 0 Å². The third kappa shape index (κ3) is 10.6. The molecule has 2 N–H and O–H groups in total. The molecule has 0 radical (unpaired) electrons. The molecule has 1 unspecified atom stereocenters. The lowest BCUT2D eigenvalue weighted by Crippen LogP contribution is -2.36. The van der Waals surface area contributed by atoms with Gasteiger partial charge in [-0.1, -0.05) is 55.5 Å². The molecular weight excluding hydrogens is 685 g/mol. The molecule has 8 nitrogen and oxygen atoms in total. The number of hydrogen-bond donors (Lipinski definition) is 1. The van der Waals surface area contributed by atoms with Crippen LogP contribution in [-0.4, -0.2) is 59.4 Å². The number of benzene rings is 4. The summed E-state index contributed by atoms with van der Waals surface area (Å²) in [7, 11) is 0. The van der Waals surface area contributed by atoms with Crippen LogP contribution in [0.15, 0.2) is 72.8 Å². The number of aryl methyl sites for hydroxylation is 2. The van der Waals surface area contributed by atoms with Gasteiger partial charge in [0.15, 0.2) is 0 Å². The van der Waals surface area contributed by atoms with Crippen molar-refractivity contribution in [3.63, 3.8) is 0 Å². The largest absolute Gasteiger partial charge is 0.494 e. The predicted molar refractivity (Wildman–Crippen MR) is 220 cm³/mol. The van der Waals surface area contributed by atoms with E-state index in [9.17, 15) is 9.59 Å². The van der Waals surface area contributed by atoms with Gasteiger partial charge in [0.05, 0.1) is 19.3 Å². The van der Waals surface area contributed by atoms with Crippen molar-refractivity contribution in [2.45, 2.75) is 105 Å². The Balaban J connectivity index is 1.09. The van der Waals surface area contributed by atoms with Gasteiger partial charge < -0.3 is 20.1 Å². The number of primary amides is 1. The van der Waals surface area contributed by atoms with Crippen LogP contribution < -0.4 is 15.2 Å². The molecule has 0 fully saturated rings. The molecule has 0 saturated heterocycles. The van der Waals surface area contributed by atoms with Gasteiger partial charge in [0.1, 0.15) is 11.5 Å². The van der Waals surface area contributed by atoms with E-state index in [2.05, 4.69) is 110 Å². The van der Waals surface area contributed by atoms with Gasteiger partial charge in [0.2, 0.25) is 11.8 Å². The first-order valence-electron chi connectivity index (χ1n) is 20.3. The van der Waals surface area contributed by atoms with E-state index >= 15 is 0 Å². The van der Waals surface area contributed by atoms with Crippen LogP contribution in [0.2, 0.25) is 0 Å². The minimum absolute atomic E-state index is 0.0325. The zero-order valence-electron chi connectivity index (χ0n) is 33.7. The van der Waals surface area contributed by atoms with Crippen molar-refractivity contribution in [1.82, 2.24) is 14.7 Å². The molecule has 0 bridgehead atoms. The molecule has 2 amide bonds. The highest BCUT2D eigenvalue weighted by Gasteiger charge is 2.25. The predicted octanol–water partition coefficient (Wildman–Crippen LogP) is 8.01. The van der Waals surface area contributed by atoms with Crippen molar-refractivity contribution in [3.05, 3.63) is 128 Å². The fraction of sp³-hybridized carbons (Fsp3) is 0.447. The number of carbonyl (C=O) groups excluding carboxylic acids is 2. The van der Waals surface area contributed by atoms with Crippen LogP contribution in [-0.2, 0) is 55.0 Å². The second-order valence-electron chi connectivity index (χ2n) is 15.5. The van der Waals surface area contributed by atoms with E-state index in [-0.39, 0.29) is 24.8 Å². The monoisotopic (exact) mass is 744 g/mol. The highest BCUT2D eigenvalue weighted by Crippen LogP contribution is 2.30. The molecule has 4 aromatic rings. The van der Waals surface area contributed by atoms with E-state index in [1.807, 2.05) is 11.8 Å². The Morgan fingerprint density at radius 1 is 0.745 bits per heavy atom. The Labute approximate surface area is 328 Å². The molecule has 6 rings (SSSR count). The number of carbonyl (C=O) groups is 2. The number of ether oxygens (including phenoxy) is 2. The zero-order valence-corrected chi connectivity index (χ0v) is 33.7. The van der Waals surface area contributed by atoms with Crippen molar-refractivity contribution in [2.75, 3.05) is 32.8 Å². The number of nitrogens with two attached hydrogens (primary N) is 1. The van der Waals surface area contributed by atoms with Crippen molar-refractivity contribution in [2.24, 2.45) is 5.73 Å². The van der Waals surface area contributed by atoms with Crippen molar-refractivity contribution in [3.8, 4) is 11.5 Å². The van der Waals surface area contributed by atoms with Crippen molar-refractivity contribution < 1.29 is 19.1 Å². The van der Waals surface area contributed by atoms with Crippen LogP contribution in [0, 0.1) is 13.8 Å². The number of rotatable bonds is 17. The quantitative estimate of drug-likeness (QED) is 0.118. The second-order valence-corrected chi connectivity index (χ2v) is 15.5. The number of nitrogens with zero attached hydrogens (tertiary/aromatic N) is 3. The van der Waals surface area contributed by atoms with Gasteiger partial charge in [-0.3, -0.25) is 19.4 Å². The molecule has 2 aliphatic rings. The summed E-state index contributed by atoms with van der Waals surface area (Å²) < 4.78 is 11.5. The van der Waals surface area contributed by atoms with E-state index in [4.69, 9.17) is 15.2 Å². The Morgan fingerprint density at radius 2 is 1.35 bits per heavy atom. The molecule has 4 aromatic carbocycles. The Hall–Kier alpha value is -4.66. The summed E-state index contributed by atoms with van der Waals surface area (Å²) in [4.78, 5) is 32.3. The Bertz CT molecular complexity index is 1960. The number of amides is 2. The number of hydrogen-bond acceptors (Lipinski definition) is 6. The minimum atomic E-state index is -0.448. The summed E-state index contributed by atoms with van der Waals surface area (Å²) in [6.07, 6.45) is 3.90. The first-order chi connectivity index (χ1) is 26.6. The Kier molecular flexibility index (Phi) is 13.7. The van der Waals surface area contributed by atoms with Crippen LogP contribution in [0.5, 0.6) is 11.5 Å². The molecule has 292 valence electrons. The maximum Gasteiger partial charge on any atom is 0.223 e. The molecule has 0 saturated carbocycles. The maximum atomic E-state index is 13.7. The highest BCUT2D eigenvalue weighted by molar-refractivity contribution is 5.83. The average Bonchev–Trinajstić information content (AvgIpc) is 3.18. The van der Waals surface area contributed by atoms with E-state index < -0.39 is 5.91 Å². The van der Waals surface area contributed by atoms with E-state index in [1.54, 1.807) is 0 Å². The standard InChI is InChI=1S/C47H60N4O4/c1-6-24-55-45-15-13-41(34(4)26-45)30-50-22-20-39-28-37(10-11-43(39)32-50)35(5)51(47(53)17-16-46(48)52)23-18-36-8-9-42-31-49(21-19-38(42)27-36)29-40-12-14-44(54-7-2)25-33(40)3/h8-15,25-28,35H,6-7,16-24,29-32H2,1-5H3,(H2,48,52). The van der Waals surface area contributed by atoms with Gasteiger partial charge in [0.25, 0.3) is 0 Å². The summed E-state index contributed by atoms with van der Waals surface area (Å²) in [6.45, 7) is 18.2. The molecule has 1 atom stereocenters. The fourth-order valence-corrected chi connectivity index (χ4v) is 8.06. The molecule has 0 spiro atoms. The minimum Gasteiger partial charge on any atom is -0.494 e. The van der Waals surface area contributed by atoms with E-state index in [0.717, 1.165) is 88.6 Å².